The summed E-state index contributed by atoms with van der Waals surface area (Å²) in [5.41, 5.74) is 4.36. The standard InChI is InChI=1S/C21H28ClN7O.HI/c1-13(11-18-14(2)27-29(5)15(18)3)25-21(23-4)24-10-9-19-26-20(28-30-19)16-7-6-8-17(22)12-16;/h6-8,12-13H,9-11H2,1-5H3,(H2,23,24,25);1H. The number of aromatic nitrogens is 4. The van der Waals surface area contributed by atoms with Crippen LogP contribution in [0.1, 0.15) is 29.8 Å². The van der Waals surface area contributed by atoms with Gasteiger partial charge in [0.15, 0.2) is 5.96 Å². The number of aliphatic imine (C=N–C) groups is 1. The van der Waals surface area contributed by atoms with Gasteiger partial charge in [-0.15, -0.1) is 24.0 Å². The molecule has 31 heavy (non-hydrogen) atoms. The van der Waals surface area contributed by atoms with Gasteiger partial charge in [-0.05, 0) is 44.9 Å². The molecule has 168 valence electrons. The fourth-order valence-corrected chi connectivity index (χ4v) is 3.48. The predicted octanol–water partition coefficient (Wildman–Crippen LogP) is 3.70. The summed E-state index contributed by atoms with van der Waals surface area (Å²) >= 11 is 6.03. The van der Waals surface area contributed by atoms with Crippen LogP contribution in [0.5, 0.6) is 0 Å². The average molecular weight is 558 g/mol. The maximum Gasteiger partial charge on any atom is 0.228 e. The van der Waals surface area contributed by atoms with Crippen LogP contribution in [0.4, 0.5) is 0 Å². The van der Waals surface area contributed by atoms with Crippen molar-refractivity contribution in [2.24, 2.45) is 12.0 Å². The summed E-state index contributed by atoms with van der Waals surface area (Å²) in [6.07, 6.45) is 1.46. The smallest absolute Gasteiger partial charge is 0.228 e. The number of nitrogens with zero attached hydrogens (tertiary/aromatic N) is 5. The molecular formula is C21H29ClIN7O. The highest BCUT2D eigenvalue weighted by Crippen LogP contribution is 2.20. The van der Waals surface area contributed by atoms with E-state index >= 15 is 0 Å². The normalized spacial score (nSPS) is 12.4. The van der Waals surface area contributed by atoms with E-state index in [1.54, 1.807) is 7.05 Å². The van der Waals surface area contributed by atoms with Crippen LogP contribution in [0, 0.1) is 13.8 Å². The molecule has 0 saturated carbocycles. The van der Waals surface area contributed by atoms with Crippen molar-refractivity contribution in [2.45, 2.75) is 39.7 Å². The van der Waals surface area contributed by atoms with Crippen molar-refractivity contribution in [2.75, 3.05) is 13.6 Å². The minimum atomic E-state index is 0. The van der Waals surface area contributed by atoms with Crippen LogP contribution < -0.4 is 10.6 Å². The monoisotopic (exact) mass is 557 g/mol. The summed E-state index contributed by atoms with van der Waals surface area (Å²) in [7, 11) is 3.73. The van der Waals surface area contributed by atoms with Crippen LogP contribution in [0.3, 0.4) is 0 Å². The molecule has 3 aromatic rings. The summed E-state index contributed by atoms with van der Waals surface area (Å²) in [5.74, 6) is 1.82. The van der Waals surface area contributed by atoms with E-state index in [4.69, 9.17) is 16.1 Å². The number of guanidine groups is 1. The first-order valence-corrected chi connectivity index (χ1v) is 10.3. The van der Waals surface area contributed by atoms with Crippen molar-refractivity contribution >= 4 is 41.5 Å². The zero-order valence-corrected chi connectivity index (χ0v) is 21.5. The van der Waals surface area contributed by atoms with Gasteiger partial charge in [0.25, 0.3) is 0 Å². The largest absolute Gasteiger partial charge is 0.356 e. The van der Waals surface area contributed by atoms with E-state index in [-0.39, 0.29) is 30.0 Å². The van der Waals surface area contributed by atoms with E-state index in [0.717, 1.165) is 23.6 Å². The molecule has 2 heterocycles. The summed E-state index contributed by atoms with van der Waals surface area (Å²) < 4.78 is 7.27. The first kappa shape index (κ1) is 25.1. The van der Waals surface area contributed by atoms with Crippen LogP contribution in [0.25, 0.3) is 11.4 Å². The summed E-state index contributed by atoms with van der Waals surface area (Å²) in [6.45, 7) is 6.89. The molecule has 2 N–H and O–H groups in total. The van der Waals surface area contributed by atoms with Gasteiger partial charge >= 0.3 is 0 Å². The van der Waals surface area contributed by atoms with Crippen molar-refractivity contribution < 1.29 is 4.52 Å². The highest BCUT2D eigenvalue weighted by Gasteiger charge is 2.14. The molecule has 3 rings (SSSR count). The third kappa shape index (κ3) is 6.67. The Hall–Kier alpha value is -2.14. The number of aryl methyl sites for hydroxylation is 2. The number of benzene rings is 1. The molecule has 0 bridgehead atoms. The Balaban J connectivity index is 0.00000341. The SMILES string of the molecule is CN=C(NCCc1nc(-c2cccc(Cl)c2)no1)NC(C)Cc1c(C)nn(C)c1C.I. The Morgan fingerprint density at radius 1 is 1.32 bits per heavy atom. The lowest BCUT2D eigenvalue weighted by Gasteiger charge is -2.18. The lowest BCUT2D eigenvalue weighted by molar-refractivity contribution is 0.378. The molecule has 1 atom stereocenters. The predicted molar refractivity (Wildman–Crippen MR) is 134 cm³/mol. The van der Waals surface area contributed by atoms with E-state index < -0.39 is 0 Å². The van der Waals surface area contributed by atoms with Gasteiger partial charge in [-0.2, -0.15) is 10.1 Å². The molecule has 1 unspecified atom stereocenters. The van der Waals surface area contributed by atoms with Gasteiger partial charge < -0.3 is 15.2 Å². The molecule has 2 aromatic heterocycles. The second-order valence-electron chi connectivity index (χ2n) is 7.29. The Bertz CT molecular complexity index is 1030. The van der Waals surface area contributed by atoms with E-state index in [1.807, 2.05) is 42.9 Å². The van der Waals surface area contributed by atoms with Gasteiger partial charge in [0, 0.05) is 49.4 Å². The quantitative estimate of drug-likeness (QED) is 0.261. The molecule has 0 fully saturated rings. The number of nitrogens with one attached hydrogen (secondary N) is 2. The first-order valence-electron chi connectivity index (χ1n) is 9.92. The highest BCUT2D eigenvalue weighted by molar-refractivity contribution is 14.0. The third-order valence-corrected chi connectivity index (χ3v) is 5.19. The first-order chi connectivity index (χ1) is 14.4. The number of rotatable bonds is 7. The molecule has 0 saturated heterocycles. The van der Waals surface area contributed by atoms with Crippen LogP contribution in [0.15, 0.2) is 33.8 Å². The van der Waals surface area contributed by atoms with Crippen LogP contribution in [-0.2, 0) is 19.9 Å². The Morgan fingerprint density at radius 2 is 2.10 bits per heavy atom. The molecule has 0 amide bonds. The van der Waals surface area contributed by atoms with Crippen LogP contribution >= 0.6 is 35.6 Å². The van der Waals surface area contributed by atoms with Crippen molar-refractivity contribution in [1.82, 2.24) is 30.6 Å². The highest BCUT2D eigenvalue weighted by atomic mass is 127. The second-order valence-corrected chi connectivity index (χ2v) is 7.73. The molecule has 0 aliphatic carbocycles. The Morgan fingerprint density at radius 3 is 2.74 bits per heavy atom. The molecule has 0 aliphatic rings. The summed E-state index contributed by atoms with van der Waals surface area (Å²) in [6, 6.07) is 7.59. The number of halogens is 2. The van der Waals surface area contributed by atoms with Gasteiger partial charge in [-0.1, -0.05) is 28.9 Å². The molecule has 10 heteroatoms. The molecular weight excluding hydrogens is 529 g/mol. The molecule has 1 aromatic carbocycles. The maximum absolute atomic E-state index is 6.03. The zero-order chi connectivity index (χ0) is 21.7. The van der Waals surface area contributed by atoms with Gasteiger partial charge in [0.05, 0.1) is 5.69 Å². The lowest BCUT2D eigenvalue weighted by Crippen LogP contribution is -2.43. The zero-order valence-electron chi connectivity index (χ0n) is 18.4. The van der Waals surface area contributed by atoms with Crippen molar-refractivity contribution in [3.63, 3.8) is 0 Å². The summed E-state index contributed by atoms with van der Waals surface area (Å²) in [4.78, 5) is 8.74. The van der Waals surface area contributed by atoms with Crippen LogP contribution in [0.2, 0.25) is 5.02 Å². The minimum Gasteiger partial charge on any atom is -0.356 e. The van der Waals surface area contributed by atoms with Gasteiger partial charge in [-0.3, -0.25) is 9.67 Å². The van der Waals surface area contributed by atoms with Gasteiger partial charge in [-0.25, -0.2) is 0 Å². The Labute approximate surface area is 204 Å². The van der Waals surface area contributed by atoms with Crippen LogP contribution in [-0.4, -0.2) is 45.5 Å². The molecule has 8 nitrogen and oxygen atoms in total. The van der Waals surface area contributed by atoms with Gasteiger partial charge in [0.2, 0.25) is 11.7 Å². The average Bonchev–Trinajstić information content (AvgIpc) is 3.27. The minimum absolute atomic E-state index is 0. The van der Waals surface area contributed by atoms with Gasteiger partial charge in [0.1, 0.15) is 0 Å². The fourth-order valence-electron chi connectivity index (χ4n) is 3.29. The topological polar surface area (TPSA) is 93.2 Å². The lowest BCUT2D eigenvalue weighted by atomic mass is 10.1. The van der Waals surface area contributed by atoms with Crippen molar-refractivity contribution in [3.05, 3.63) is 52.1 Å². The van der Waals surface area contributed by atoms with E-state index in [2.05, 4.69) is 44.7 Å². The van der Waals surface area contributed by atoms with Crippen molar-refractivity contribution in [1.29, 1.82) is 0 Å². The number of hydrogen-bond acceptors (Lipinski definition) is 5. The second kappa shape index (κ2) is 11.5. The molecule has 0 radical (unpaired) electrons. The third-order valence-electron chi connectivity index (χ3n) is 4.96. The summed E-state index contributed by atoms with van der Waals surface area (Å²) in [5, 5.41) is 15.9. The van der Waals surface area contributed by atoms with Crippen molar-refractivity contribution in [3.8, 4) is 11.4 Å². The maximum atomic E-state index is 6.03. The Kier molecular flexibility index (Phi) is 9.30. The van der Waals surface area contributed by atoms with E-state index in [1.165, 1.54) is 11.3 Å². The van der Waals surface area contributed by atoms with E-state index in [9.17, 15) is 0 Å². The molecule has 0 aliphatic heterocycles. The fraction of sp³-hybridized carbons (Fsp3) is 0.429. The number of hydrogen-bond donors (Lipinski definition) is 2. The van der Waals surface area contributed by atoms with E-state index in [0.29, 0.717) is 29.7 Å². The molecule has 0 spiro atoms.